The Labute approximate surface area is 151 Å². The lowest BCUT2D eigenvalue weighted by atomic mass is 10.1. The number of carbonyl (C=O) groups is 1. The van der Waals surface area contributed by atoms with Gasteiger partial charge in [0.25, 0.3) is 0 Å². The topological polar surface area (TPSA) is 89.8 Å². The van der Waals surface area contributed by atoms with Crippen LogP contribution in [0.5, 0.6) is 0 Å². The van der Waals surface area contributed by atoms with Crippen LogP contribution in [0.25, 0.3) is 0 Å². The molecule has 0 rings (SSSR count). The predicted octanol–water partition coefficient (Wildman–Crippen LogP) is 3.32. The second-order valence-corrected chi connectivity index (χ2v) is 5.83. The SMILES string of the molecule is CCCCC[C@@H](O)/C=C/C=C\C/C=C\C=C\[C@H](CCCC(=O)[O-])OO. The third kappa shape index (κ3) is 16.9. The fourth-order valence-corrected chi connectivity index (χ4v) is 2.10. The standard InChI is InChI=1S/C20H32O5/c1-2-3-9-13-18(21)14-10-7-5-4-6-8-11-15-19(25-24)16-12-17-20(22)23/h5-8,10-11,14-15,18-19,21,24H,2-4,9,12-13,16-17H2,1H3,(H,22,23)/p-1/b7-5-,8-6-,14-10+,15-11+/t18-,19-/m1/s1. The molecule has 0 fully saturated rings. The third-order valence-corrected chi connectivity index (χ3v) is 3.53. The number of hydrogen-bond donors (Lipinski definition) is 2. The molecule has 5 nitrogen and oxygen atoms in total. The summed E-state index contributed by atoms with van der Waals surface area (Å²) >= 11 is 0. The van der Waals surface area contributed by atoms with Gasteiger partial charge in [0.1, 0.15) is 6.10 Å². The monoisotopic (exact) mass is 351 g/mol. The van der Waals surface area contributed by atoms with E-state index in [4.69, 9.17) is 5.26 Å². The van der Waals surface area contributed by atoms with Crippen molar-refractivity contribution in [2.45, 2.75) is 70.5 Å². The van der Waals surface area contributed by atoms with Crippen LogP contribution in [-0.2, 0) is 9.68 Å². The summed E-state index contributed by atoms with van der Waals surface area (Å²) in [7, 11) is 0. The second-order valence-electron chi connectivity index (χ2n) is 5.83. The van der Waals surface area contributed by atoms with Crippen LogP contribution < -0.4 is 5.11 Å². The molecule has 142 valence electrons. The van der Waals surface area contributed by atoms with Crippen LogP contribution >= 0.6 is 0 Å². The molecule has 0 saturated carbocycles. The van der Waals surface area contributed by atoms with Crippen LogP contribution in [0.15, 0.2) is 48.6 Å². The van der Waals surface area contributed by atoms with Gasteiger partial charge in [-0.15, -0.1) is 0 Å². The lowest BCUT2D eigenvalue weighted by molar-refractivity contribution is -0.306. The summed E-state index contributed by atoms with van der Waals surface area (Å²) in [5.74, 6) is -1.10. The van der Waals surface area contributed by atoms with Gasteiger partial charge >= 0.3 is 0 Å². The average Bonchev–Trinajstić information content (AvgIpc) is 2.58. The van der Waals surface area contributed by atoms with E-state index in [1.165, 1.54) is 0 Å². The molecular formula is C20H31O5-. The van der Waals surface area contributed by atoms with E-state index in [0.717, 1.165) is 32.1 Å². The Morgan fingerprint density at radius 1 is 1.04 bits per heavy atom. The number of rotatable bonds is 15. The van der Waals surface area contributed by atoms with Gasteiger partial charge in [-0.2, -0.15) is 0 Å². The number of hydrogen-bond acceptors (Lipinski definition) is 5. The number of carboxylic acids is 1. The highest BCUT2D eigenvalue weighted by atomic mass is 17.1. The molecule has 0 heterocycles. The average molecular weight is 351 g/mol. The van der Waals surface area contributed by atoms with Crippen molar-refractivity contribution in [2.24, 2.45) is 0 Å². The zero-order valence-corrected chi connectivity index (χ0v) is 15.0. The first-order valence-electron chi connectivity index (χ1n) is 8.95. The minimum Gasteiger partial charge on any atom is -0.550 e. The van der Waals surface area contributed by atoms with Crippen LogP contribution in [0.4, 0.5) is 0 Å². The molecule has 0 aromatic carbocycles. The number of aliphatic carboxylic acids is 1. The Morgan fingerprint density at radius 3 is 2.32 bits per heavy atom. The van der Waals surface area contributed by atoms with E-state index in [1.807, 2.05) is 30.4 Å². The van der Waals surface area contributed by atoms with Crippen LogP contribution in [0.1, 0.15) is 58.3 Å². The molecule has 2 N–H and O–H groups in total. The molecule has 0 radical (unpaired) electrons. The van der Waals surface area contributed by atoms with E-state index >= 15 is 0 Å². The maximum Gasteiger partial charge on any atom is 0.111 e. The Balaban J connectivity index is 3.89. The fraction of sp³-hybridized carbons (Fsp3) is 0.550. The zero-order chi connectivity index (χ0) is 18.8. The molecule has 0 aliphatic heterocycles. The highest BCUT2D eigenvalue weighted by Crippen LogP contribution is 2.06. The van der Waals surface area contributed by atoms with Gasteiger partial charge in [-0.1, -0.05) is 74.8 Å². The lowest BCUT2D eigenvalue weighted by Gasteiger charge is -2.08. The molecule has 0 unspecified atom stereocenters. The molecule has 0 bridgehead atoms. The Morgan fingerprint density at radius 2 is 1.72 bits per heavy atom. The van der Waals surface area contributed by atoms with Gasteiger partial charge in [-0.05, 0) is 32.1 Å². The van der Waals surface area contributed by atoms with Crippen molar-refractivity contribution in [2.75, 3.05) is 0 Å². The number of carbonyl (C=O) groups excluding carboxylic acids is 1. The molecule has 0 aromatic rings. The first kappa shape index (κ1) is 23.3. The molecule has 2 atom stereocenters. The van der Waals surface area contributed by atoms with Crippen molar-refractivity contribution in [3.05, 3.63) is 48.6 Å². The van der Waals surface area contributed by atoms with E-state index in [1.54, 1.807) is 18.2 Å². The summed E-state index contributed by atoms with van der Waals surface area (Å²) in [5.41, 5.74) is 0. The number of allylic oxidation sites excluding steroid dienone is 6. The summed E-state index contributed by atoms with van der Waals surface area (Å²) in [4.78, 5) is 14.6. The molecule has 0 spiro atoms. The van der Waals surface area contributed by atoms with Gasteiger partial charge in [0.15, 0.2) is 0 Å². The third-order valence-electron chi connectivity index (χ3n) is 3.53. The first-order valence-corrected chi connectivity index (χ1v) is 8.95. The number of aliphatic hydroxyl groups excluding tert-OH is 1. The quantitative estimate of drug-likeness (QED) is 0.204. The van der Waals surface area contributed by atoms with Gasteiger partial charge in [0.2, 0.25) is 0 Å². The lowest BCUT2D eigenvalue weighted by Crippen LogP contribution is -2.22. The molecule has 0 saturated heterocycles. The summed E-state index contributed by atoms with van der Waals surface area (Å²) < 4.78 is 0. The Kier molecular flexibility index (Phi) is 16.0. The van der Waals surface area contributed by atoms with Crippen LogP contribution in [0.3, 0.4) is 0 Å². The van der Waals surface area contributed by atoms with E-state index in [-0.39, 0.29) is 12.5 Å². The molecular weight excluding hydrogens is 320 g/mol. The van der Waals surface area contributed by atoms with E-state index in [9.17, 15) is 15.0 Å². The summed E-state index contributed by atoms with van der Waals surface area (Å²) in [6.07, 6.45) is 19.5. The summed E-state index contributed by atoms with van der Waals surface area (Å²) in [6, 6.07) is 0. The first-order chi connectivity index (χ1) is 12.1. The maximum absolute atomic E-state index is 10.3. The normalized spacial score (nSPS) is 15.0. The molecule has 0 aliphatic carbocycles. The molecule has 5 heteroatoms. The van der Waals surface area contributed by atoms with Crippen molar-refractivity contribution < 1.29 is 25.2 Å². The van der Waals surface area contributed by atoms with Crippen LogP contribution in [-0.4, -0.2) is 28.5 Å². The molecule has 25 heavy (non-hydrogen) atoms. The van der Waals surface area contributed by atoms with E-state index < -0.39 is 12.1 Å². The minimum atomic E-state index is -1.10. The maximum atomic E-state index is 10.3. The van der Waals surface area contributed by atoms with E-state index in [2.05, 4.69) is 11.8 Å². The van der Waals surface area contributed by atoms with Crippen molar-refractivity contribution >= 4 is 5.97 Å². The van der Waals surface area contributed by atoms with Crippen molar-refractivity contribution in [1.82, 2.24) is 0 Å². The molecule has 0 amide bonds. The number of aliphatic hydroxyl groups is 1. The van der Waals surface area contributed by atoms with Crippen LogP contribution in [0, 0.1) is 0 Å². The van der Waals surface area contributed by atoms with Gasteiger partial charge in [0, 0.05) is 5.97 Å². The number of carboxylic acid groups (broad SMARTS) is 1. The Hall–Kier alpha value is -1.69. The van der Waals surface area contributed by atoms with Gasteiger partial charge in [-0.3, -0.25) is 5.26 Å². The van der Waals surface area contributed by atoms with Gasteiger partial charge < -0.3 is 15.0 Å². The highest BCUT2D eigenvalue weighted by molar-refractivity contribution is 5.64. The van der Waals surface area contributed by atoms with E-state index in [0.29, 0.717) is 12.8 Å². The smallest absolute Gasteiger partial charge is 0.111 e. The summed E-state index contributed by atoms with van der Waals surface area (Å²) in [5, 5.41) is 28.7. The highest BCUT2D eigenvalue weighted by Gasteiger charge is 2.03. The van der Waals surface area contributed by atoms with Crippen molar-refractivity contribution in [1.29, 1.82) is 0 Å². The fourth-order valence-electron chi connectivity index (χ4n) is 2.10. The van der Waals surface area contributed by atoms with Gasteiger partial charge in [0.05, 0.1) is 6.10 Å². The summed E-state index contributed by atoms with van der Waals surface area (Å²) in [6.45, 7) is 2.14. The van der Waals surface area contributed by atoms with Crippen molar-refractivity contribution in [3.63, 3.8) is 0 Å². The van der Waals surface area contributed by atoms with Gasteiger partial charge in [-0.25, -0.2) is 4.89 Å². The molecule has 0 aromatic heterocycles. The second kappa shape index (κ2) is 17.1. The predicted molar refractivity (Wildman–Crippen MR) is 97.7 cm³/mol. The zero-order valence-electron chi connectivity index (χ0n) is 15.0. The van der Waals surface area contributed by atoms with Crippen molar-refractivity contribution in [3.8, 4) is 0 Å². The number of unbranched alkanes of at least 4 members (excludes halogenated alkanes) is 2. The largest absolute Gasteiger partial charge is 0.550 e. The molecule has 0 aliphatic rings. The Bertz CT molecular complexity index is 437. The van der Waals surface area contributed by atoms with Crippen LogP contribution in [0.2, 0.25) is 0 Å². The minimum absolute atomic E-state index is 0.0465.